The van der Waals surface area contributed by atoms with Gasteiger partial charge in [0.05, 0.1) is 5.84 Å². The van der Waals surface area contributed by atoms with Crippen molar-refractivity contribution in [2.45, 2.75) is 27.2 Å². The van der Waals surface area contributed by atoms with E-state index in [0.717, 1.165) is 6.42 Å². The monoisotopic (exact) mass is 140 g/mol. The van der Waals surface area contributed by atoms with Gasteiger partial charge in [-0.1, -0.05) is 20.8 Å². The Morgan fingerprint density at radius 1 is 1.70 bits per heavy atom. The molecule has 0 aliphatic heterocycles. The zero-order valence-corrected chi connectivity index (χ0v) is 6.94. The summed E-state index contributed by atoms with van der Waals surface area (Å²) in [6.07, 6.45) is 1.11. The highest BCUT2D eigenvalue weighted by atomic mass is 14.8. The van der Waals surface area contributed by atoms with Gasteiger partial charge in [-0.15, -0.1) is 0 Å². The first-order valence-corrected chi connectivity index (χ1v) is 3.86. The maximum atomic E-state index is 7.40. The highest BCUT2D eigenvalue weighted by molar-refractivity contribution is 5.87. The minimum absolute atomic E-state index is 0.0694. The van der Waals surface area contributed by atoms with Crippen molar-refractivity contribution in [1.29, 1.82) is 5.41 Å². The molecule has 1 fully saturated rings. The topological polar surface area (TPSA) is 49.9 Å². The second-order valence-corrected chi connectivity index (χ2v) is 3.71. The fraction of sp³-hybridized carbons (Fsp3) is 0.875. The summed E-state index contributed by atoms with van der Waals surface area (Å²) in [7, 11) is 0. The quantitative estimate of drug-likeness (QED) is 0.444. The first-order valence-electron chi connectivity index (χ1n) is 3.86. The Balaban J connectivity index is 2.73. The highest BCUT2D eigenvalue weighted by Gasteiger charge is 2.55. The summed E-state index contributed by atoms with van der Waals surface area (Å²) < 4.78 is 0. The third kappa shape index (κ3) is 0.746. The molecule has 0 aromatic heterocycles. The van der Waals surface area contributed by atoms with Crippen molar-refractivity contribution >= 4 is 5.84 Å². The van der Waals surface area contributed by atoms with Crippen LogP contribution >= 0.6 is 0 Å². The molecule has 2 atom stereocenters. The number of nitrogens with two attached hydrogens (primary N) is 1. The standard InChI is InChI=1S/C8H16N2/c1-5(2)8(7(9)10)4-6(8)3/h5-6H,4H2,1-3H3,(H3,9,10). The van der Waals surface area contributed by atoms with E-state index in [1.54, 1.807) is 0 Å². The van der Waals surface area contributed by atoms with Gasteiger partial charge in [-0.05, 0) is 18.3 Å². The van der Waals surface area contributed by atoms with Gasteiger partial charge in [0.15, 0.2) is 0 Å². The molecule has 1 rings (SSSR count). The van der Waals surface area contributed by atoms with Crippen LogP contribution in [0.3, 0.4) is 0 Å². The Morgan fingerprint density at radius 2 is 2.10 bits per heavy atom. The normalized spacial score (nSPS) is 38.2. The van der Waals surface area contributed by atoms with Gasteiger partial charge < -0.3 is 5.73 Å². The summed E-state index contributed by atoms with van der Waals surface area (Å²) in [6.45, 7) is 6.46. The molecule has 1 saturated carbocycles. The summed E-state index contributed by atoms with van der Waals surface area (Å²) in [5.74, 6) is 1.54. The van der Waals surface area contributed by atoms with Crippen molar-refractivity contribution in [3.8, 4) is 0 Å². The van der Waals surface area contributed by atoms with E-state index in [1.807, 2.05) is 0 Å². The van der Waals surface area contributed by atoms with Gasteiger partial charge in [0.25, 0.3) is 0 Å². The Labute approximate surface area is 62.3 Å². The molecule has 0 aromatic rings. The predicted octanol–water partition coefficient (Wildman–Crippen LogP) is 1.60. The van der Waals surface area contributed by atoms with Crippen molar-refractivity contribution in [2.75, 3.05) is 0 Å². The summed E-state index contributed by atoms with van der Waals surface area (Å²) >= 11 is 0. The maximum Gasteiger partial charge on any atom is 0.0974 e. The molecular formula is C8H16N2. The van der Waals surface area contributed by atoms with E-state index in [1.165, 1.54) is 0 Å². The molecule has 0 saturated heterocycles. The molecule has 0 spiro atoms. The molecule has 0 bridgehead atoms. The first kappa shape index (κ1) is 7.58. The van der Waals surface area contributed by atoms with E-state index in [2.05, 4.69) is 20.8 Å². The van der Waals surface area contributed by atoms with Crippen molar-refractivity contribution in [1.82, 2.24) is 0 Å². The molecule has 10 heavy (non-hydrogen) atoms. The molecule has 0 radical (unpaired) electrons. The van der Waals surface area contributed by atoms with Crippen LogP contribution in [0.5, 0.6) is 0 Å². The third-order valence-corrected chi connectivity index (χ3v) is 2.89. The molecule has 3 N–H and O–H groups in total. The Morgan fingerprint density at radius 3 is 2.10 bits per heavy atom. The van der Waals surface area contributed by atoms with Gasteiger partial charge in [-0.3, -0.25) is 5.41 Å². The van der Waals surface area contributed by atoms with Crippen molar-refractivity contribution in [3.63, 3.8) is 0 Å². The smallest absolute Gasteiger partial charge is 0.0974 e. The van der Waals surface area contributed by atoms with E-state index >= 15 is 0 Å². The second kappa shape index (κ2) is 1.97. The van der Waals surface area contributed by atoms with E-state index in [4.69, 9.17) is 11.1 Å². The van der Waals surface area contributed by atoms with Crippen molar-refractivity contribution in [3.05, 3.63) is 0 Å². The van der Waals surface area contributed by atoms with Crippen LogP contribution in [-0.4, -0.2) is 5.84 Å². The number of hydrogen-bond acceptors (Lipinski definition) is 1. The van der Waals surface area contributed by atoms with Gasteiger partial charge in [-0.2, -0.15) is 0 Å². The summed E-state index contributed by atoms with van der Waals surface area (Å²) in [5, 5.41) is 7.40. The molecule has 0 aromatic carbocycles. The summed E-state index contributed by atoms with van der Waals surface area (Å²) in [6, 6.07) is 0. The third-order valence-electron chi connectivity index (χ3n) is 2.89. The average Bonchev–Trinajstić information content (AvgIpc) is 2.42. The molecule has 2 nitrogen and oxygen atoms in total. The Kier molecular flexibility index (Phi) is 1.50. The molecule has 58 valence electrons. The lowest BCUT2D eigenvalue weighted by molar-refractivity contribution is 0.440. The fourth-order valence-corrected chi connectivity index (χ4v) is 1.94. The van der Waals surface area contributed by atoms with Crippen molar-refractivity contribution < 1.29 is 0 Å². The van der Waals surface area contributed by atoms with Crippen LogP contribution in [0.15, 0.2) is 0 Å². The molecular weight excluding hydrogens is 124 g/mol. The summed E-state index contributed by atoms with van der Waals surface area (Å²) in [4.78, 5) is 0. The van der Waals surface area contributed by atoms with E-state index < -0.39 is 0 Å². The minimum atomic E-state index is 0.0694. The lowest BCUT2D eigenvalue weighted by Crippen LogP contribution is -2.30. The van der Waals surface area contributed by atoms with Crippen LogP contribution in [0.1, 0.15) is 27.2 Å². The lowest BCUT2D eigenvalue weighted by atomic mass is 9.89. The van der Waals surface area contributed by atoms with E-state index in [9.17, 15) is 0 Å². The number of amidine groups is 1. The average molecular weight is 140 g/mol. The lowest BCUT2D eigenvalue weighted by Gasteiger charge is -2.18. The number of hydrogen-bond donors (Lipinski definition) is 2. The Hall–Kier alpha value is -0.530. The molecule has 2 heteroatoms. The SMILES string of the molecule is CC(C)C1(C(=N)N)CC1C. The van der Waals surface area contributed by atoms with E-state index in [0.29, 0.717) is 17.7 Å². The van der Waals surface area contributed by atoms with Gasteiger partial charge in [0.1, 0.15) is 0 Å². The van der Waals surface area contributed by atoms with Crippen LogP contribution in [0.4, 0.5) is 0 Å². The molecule has 1 aliphatic rings. The predicted molar refractivity (Wildman–Crippen MR) is 43.0 cm³/mol. The first-order chi connectivity index (χ1) is 4.51. The van der Waals surface area contributed by atoms with Gasteiger partial charge in [0.2, 0.25) is 0 Å². The van der Waals surface area contributed by atoms with Gasteiger partial charge >= 0.3 is 0 Å². The molecule has 0 amide bonds. The largest absolute Gasteiger partial charge is 0.387 e. The van der Waals surface area contributed by atoms with E-state index in [-0.39, 0.29) is 5.41 Å². The second-order valence-electron chi connectivity index (χ2n) is 3.71. The minimum Gasteiger partial charge on any atom is -0.387 e. The molecule has 0 heterocycles. The van der Waals surface area contributed by atoms with Crippen LogP contribution in [0.25, 0.3) is 0 Å². The maximum absolute atomic E-state index is 7.40. The van der Waals surface area contributed by atoms with Crippen LogP contribution in [0.2, 0.25) is 0 Å². The Bertz CT molecular complexity index is 163. The van der Waals surface area contributed by atoms with Crippen LogP contribution in [-0.2, 0) is 0 Å². The van der Waals surface area contributed by atoms with Crippen LogP contribution < -0.4 is 5.73 Å². The van der Waals surface area contributed by atoms with Crippen molar-refractivity contribution in [2.24, 2.45) is 23.0 Å². The molecule has 2 unspecified atom stereocenters. The van der Waals surface area contributed by atoms with Gasteiger partial charge in [0, 0.05) is 5.41 Å². The highest BCUT2D eigenvalue weighted by Crippen LogP contribution is 2.57. The fourth-order valence-electron chi connectivity index (χ4n) is 1.94. The number of rotatable bonds is 2. The zero-order chi connectivity index (χ0) is 7.94. The number of nitrogens with one attached hydrogen (secondary N) is 1. The van der Waals surface area contributed by atoms with Gasteiger partial charge in [-0.25, -0.2) is 0 Å². The molecule has 1 aliphatic carbocycles. The summed E-state index contributed by atoms with van der Waals surface area (Å²) in [5.41, 5.74) is 5.58. The zero-order valence-electron chi connectivity index (χ0n) is 6.94. The van der Waals surface area contributed by atoms with Crippen LogP contribution in [0, 0.1) is 22.7 Å².